The Bertz CT molecular complexity index is 290. The molecule has 0 amide bonds. The molecule has 2 saturated heterocycles. The van der Waals surface area contributed by atoms with E-state index in [0.717, 1.165) is 32.5 Å². The third-order valence-electron chi connectivity index (χ3n) is 4.65. The van der Waals surface area contributed by atoms with Crippen LogP contribution in [0, 0.1) is 0 Å². The van der Waals surface area contributed by atoms with Crippen LogP contribution in [0.5, 0.6) is 0 Å². The van der Waals surface area contributed by atoms with Gasteiger partial charge in [-0.25, -0.2) is 0 Å². The Balaban J connectivity index is 1.98. The van der Waals surface area contributed by atoms with E-state index in [1.165, 1.54) is 0 Å². The highest BCUT2D eigenvalue weighted by Crippen LogP contribution is 2.34. The van der Waals surface area contributed by atoms with Gasteiger partial charge < -0.3 is 19.9 Å². The molecular weight excluding hydrogens is 230 g/mol. The first-order valence-corrected chi connectivity index (χ1v) is 6.96. The standard InChI is InChI=1S/C14H27NO3/c1-12(2,13(3,4)16)15-11-5-7-18-14(9-11)6-8-17-10-14/h11,15-16H,5-10H2,1-4H3. The molecule has 4 nitrogen and oxygen atoms in total. The minimum absolute atomic E-state index is 0.0778. The van der Waals surface area contributed by atoms with Crippen molar-refractivity contribution in [1.82, 2.24) is 5.32 Å². The molecule has 0 aromatic heterocycles. The number of nitrogens with one attached hydrogen (secondary N) is 1. The van der Waals surface area contributed by atoms with Gasteiger partial charge in [-0.2, -0.15) is 0 Å². The van der Waals surface area contributed by atoms with E-state index in [2.05, 4.69) is 19.2 Å². The SMILES string of the molecule is CC(C)(O)C(C)(C)NC1CCOC2(CCOC2)C1. The predicted octanol–water partition coefficient (Wildman–Crippen LogP) is 1.46. The van der Waals surface area contributed by atoms with E-state index in [4.69, 9.17) is 9.47 Å². The van der Waals surface area contributed by atoms with Gasteiger partial charge in [0, 0.05) is 31.2 Å². The lowest BCUT2D eigenvalue weighted by Gasteiger charge is -2.45. The highest BCUT2D eigenvalue weighted by atomic mass is 16.6. The monoisotopic (exact) mass is 257 g/mol. The summed E-state index contributed by atoms with van der Waals surface area (Å²) in [4.78, 5) is 0. The van der Waals surface area contributed by atoms with E-state index in [9.17, 15) is 5.11 Å². The zero-order chi connectivity index (χ0) is 13.4. The predicted molar refractivity (Wildman–Crippen MR) is 70.7 cm³/mol. The summed E-state index contributed by atoms with van der Waals surface area (Å²) < 4.78 is 11.4. The molecule has 1 spiro atoms. The van der Waals surface area contributed by atoms with Crippen molar-refractivity contribution in [1.29, 1.82) is 0 Å². The molecule has 2 unspecified atom stereocenters. The minimum atomic E-state index is -0.745. The minimum Gasteiger partial charge on any atom is -0.389 e. The Kier molecular flexibility index (Phi) is 3.76. The Morgan fingerprint density at radius 2 is 1.94 bits per heavy atom. The van der Waals surface area contributed by atoms with Crippen LogP contribution >= 0.6 is 0 Å². The van der Waals surface area contributed by atoms with Gasteiger partial charge in [-0.15, -0.1) is 0 Å². The van der Waals surface area contributed by atoms with Gasteiger partial charge in [-0.3, -0.25) is 0 Å². The maximum absolute atomic E-state index is 10.2. The lowest BCUT2D eigenvalue weighted by atomic mass is 9.82. The molecule has 4 heteroatoms. The molecule has 2 atom stereocenters. The molecule has 2 rings (SSSR count). The van der Waals surface area contributed by atoms with E-state index in [1.54, 1.807) is 0 Å². The number of hydrogen-bond acceptors (Lipinski definition) is 4. The van der Waals surface area contributed by atoms with Gasteiger partial charge in [0.15, 0.2) is 0 Å². The number of aliphatic hydroxyl groups is 1. The summed E-state index contributed by atoms with van der Waals surface area (Å²) in [7, 11) is 0. The molecule has 0 aromatic rings. The molecule has 0 aromatic carbocycles. The van der Waals surface area contributed by atoms with E-state index in [1.807, 2.05) is 13.8 Å². The van der Waals surface area contributed by atoms with E-state index >= 15 is 0 Å². The average Bonchev–Trinajstić information content (AvgIpc) is 2.64. The van der Waals surface area contributed by atoms with Crippen LogP contribution in [-0.2, 0) is 9.47 Å². The van der Waals surface area contributed by atoms with Crippen molar-refractivity contribution in [2.24, 2.45) is 0 Å². The maximum atomic E-state index is 10.2. The number of hydrogen-bond donors (Lipinski definition) is 2. The van der Waals surface area contributed by atoms with Crippen molar-refractivity contribution in [3.05, 3.63) is 0 Å². The number of rotatable bonds is 3. The van der Waals surface area contributed by atoms with E-state index < -0.39 is 5.60 Å². The second-order valence-corrected chi connectivity index (χ2v) is 6.85. The highest BCUT2D eigenvalue weighted by molar-refractivity contribution is 4.99. The van der Waals surface area contributed by atoms with Crippen molar-refractivity contribution in [3.63, 3.8) is 0 Å². The Morgan fingerprint density at radius 1 is 1.22 bits per heavy atom. The van der Waals surface area contributed by atoms with Gasteiger partial charge in [0.05, 0.1) is 17.8 Å². The molecule has 18 heavy (non-hydrogen) atoms. The van der Waals surface area contributed by atoms with Gasteiger partial charge in [-0.1, -0.05) is 0 Å². The summed E-state index contributed by atoms with van der Waals surface area (Å²) in [6.45, 7) is 10.1. The Morgan fingerprint density at radius 3 is 2.50 bits per heavy atom. The summed E-state index contributed by atoms with van der Waals surface area (Å²) >= 11 is 0. The second-order valence-electron chi connectivity index (χ2n) is 6.85. The first kappa shape index (κ1) is 14.3. The highest BCUT2D eigenvalue weighted by Gasteiger charge is 2.44. The molecule has 0 aliphatic carbocycles. The zero-order valence-electron chi connectivity index (χ0n) is 12.1. The van der Waals surface area contributed by atoms with Crippen LogP contribution in [0.2, 0.25) is 0 Å². The fourth-order valence-corrected chi connectivity index (χ4v) is 2.70. The van der Waals surface area contributed by atoms with Crippen molar-refractivity contribution in [2.45, 2.75) is 69.7 Å². The van der Waals surface area contributed by atoms with Gasteiger partial charge in [0.1, 0.15) is 0 Å². The molecule has 2 heterocycles. The van der Waals surface area contributed by atoms with Gasteiger partial charge in [0.25, 0.3) is 0 Å². The first-order valence-electron chi connectivity index (χ1n) is 6.96. The van der Waals surface area contributed by atoms with Crippen molar-refractivity contribution in [3.8, 4) is 0 Å². The molecule has 106 valence electrons. The lowest BCUT2D eigenvalue weighted by molar-refractivity contribution is -0.0988. The molecule has 0 bridgehead atoms. The van der Waals surface area contributed by atoms with Crippen LogP contribution < -0.4 is 5.32 Å². The van der Waals surface area contributed by atoms with Gasteiger partial charge in [-0.05, 0) is 40.5 Å². The largest absolute Gasteiger partial charge is 0.389 e. The fraction of sp³-hybridized carbons (Fsp3) is 1.00. The number of ether oxygens (including phenoxy) is 2. The first-order chi connectivity index (χ1) is 8.24. The molecule has 2 fully saturated rings. The topological polar surface area (TPSA) is 50.7 Å². The quantitative estimate of drug-likeness (QED) is 0.804. The average molecular weight is 257 g/mol. The van der Waals surface area contributed by atoms with Crippen LogP contribution in [0.3, 0.4) is 0 Å². The van der Waals surface area contributed by atoms with Crippen LogP contribution in [0.1, 0.15) is 47.0 Å². The van der Waals surface area contributed by atoms with Crippen molar-refractivity contribution in [2.75, 3.05) is 19.8 Å². The normalized spacial score (nSPS) is 34.2. The molecule has 0 saturated carbocycles. The summed E-state index contributed by atoms with van der Waals surface area (Å²) in [5, 5.41) is 13.8. The van der Waals surface area contributed by atoms with Crippen molar-refractivity contribution >= 4 is 0 Å². The van der Waals surface area contributed by atoms with Gasteiger partial charge >= 0.3 is 0 Å². The summed E-state index contributed by atoms with van der Waals surface area (Å²) in [5.74, 6) is 0. The summed E-state index contributed by atoms with van der Waals surface area (Å²) in [5.41, 5.74) is -1.13. The van der Waals surface area contributed by atoms with Crippen LogP contribution in [0.15, 0.2) is 0 Å². The maximum Gasteiger partial charge on any atom is 0.0951 e. The molecule has 2 aliphatic rings. The van der Waals surface area contributed by atoms with Crippen LogP contribution in [-0.4, -0.2) is 47.7 Å². The third kappa shape index (κ3) is 2.87. The van der Waals surface area contributed by atoms with E-state index in [0.29, 0.717) is 12.6 Å². The second kappa shape index (κ2) is 4.75. The third-order valence-corrected chi connectivity index (χ3v) is 4.65. The van der Waals surface area contributed by atoms with E-state index in [-0.39, 0.29) is 11.1 Å². The van der Waals surface area contributed by atoms with Gasteiger partial charge in [0.2, 0.25) is 0 Å². The smallest absolute Gasteiger partial charge is 0.0951 e. The molecule has 0 radical (unpaired) electrons. The lowest BCUT2D eigenvalue weighted by Crippen LogP contribution is -2.61. The molecule has 2 N–H and O–H groups in total. The molecular formula is C14H27NO3. The van der Waals surface area contributed by atoms with Crippen molar-refractivity contribution < 1.29 is 14.6 Å². The summed E-state index contributed by atoms with van der Waals surface area (Å²) in [6, 6.07) is 0.391. The summed E-state index contributed by atoms with van der Waals surface area (Å²) in [6.07, 6.45) is 2.97. The fourth-order valence-electron chi connectivity index (χ4n) is 2.70. The Hall–Kier alpha value is -0.160. The van der Waals surface area contributed by atoms with Crippen LogP contribution in [0.4, 0.5) is 0 Å². The molecule has 2 aliphatic heterocycles. The van der Waals surface area contributed by atoms with Crippen LogP contribution in [0.25, 0.3) is 0 Å². The Labute approximate surface area is 110 Å². The zero-order valence-corrected chi connectivity index (χ0v) is 12.1.